The Morgan fingerprint density at radius 3 is 2.73 bits per heavy atom. The number of furan rings is 1. The maximum Gasteiger partial charge on any atom is 0.278 e. The van der Waals surface area contributed by atoms with Crippen molar-refractivity contribution in [1.29, 1.82) is 0 Å². The van der Waals surface area contributed by atoms with Crippen molar-refractivity contribution in [2.75, 3.05) is 5.32 Å². The number of aryl methyl sites for hydroxylation is 2. The Bertz CT molecular complexity index is 836. The van der Waals surface area contributed by atoms with Crippen LogP contribution in [0.25, 0.3) is 11.5 Å². The molecule has 0 aliphatic carbocycles. The van der Waals surface area contributed by atoms with E-state index in [1.807, 2.05) is 19.9 Å². The van der Waals surface area contributed by atoms with Crippen molar-refractivity contribution in [3.8, 4) is 11.5 Å². The average Bonchev–Trinajstić information content (AvgIpc) is 3.10. The van der Waals surface area contributed by atoms with Gasteiger partial charge in [0.25, 0.3) is 5.91 Å². The third-order valence-corrected chi connectivity index (χ3v) is 3.43. The van der Waals surface area contributed by atoms with E-state index in [0.717, 1.165) is 11.3 Å². The normalized spacial score (nSPS) is 10.7. The quantitative estimate of drug-likeness (QED) is 0.774. The summed E-state index contributed by atoms with van der Waals surface area (Å²) in [4.78, 5) is 16.3. The van der Waals surface area contributed by atoms with E-state index in [-0.39, 0.29) is 11.5 Å². The minimum atomic E-state index is -0.413. The molecular formula is C16H13ClN2O3. The maximum atomic E-state index is 12.4. The molecule has 0 bridgehead atoms. The monoisotopic (exact) mass is 316 g/mol. The fourth-order valence-corrected chi connectivity index (χ4v) is 2.32. The topological polar surface area (TPSA) is 68.3 Å². The summed E-state index contributed by atoms with van der Waals surface area (Å²) >= 11 is 6.12. The van der Waals surface area contributed by atoms with Crippen LogP contribution in [0.15, 0.2) is 45.6 Å². The second-order valence-corrected chi connectivity index (χ2v) is 5.29. The van der Waals surface area contributed by atoms with Crippen LogP contribution < -0.4 is 5.32 Å². The van der Waals surface area contributed by atoms with Crippen molar-refractivity contribution in [1.82, 2.24) is 4.98 Å². The first-order valence-electron chi connectivity index (χ1n) is 6.62. The lowest BCUT2D eigenvalue weighted by Gasteiger charge is -2.06. The van der Waals surface area contributed by atoms with Crippen LogP contribution in [0.4, 0.5) is 5.69 Å². The van der Waals surface area contributed by atoms with Gasteiger partial charge in [-0.05, 0) is 43.7 Å². The van der Waals surface area contributed by atoms with Gasteiger partial charge in [-0.15, -0.1) is 0 Å². The molecule has 1 N–H and O–H groups in total. The SMILES string of the molecule is Cc1ccc(NC(=O)c2ncoc2-c2ccc(C)o2)c(Cl)c1. The number of hydrogen-bond acceptors (Lipinski definition) is 4. The molecule has 0 radical (unpaired) electrons. The first-order chi connectivity index (χ1) is 10.5. The molecule has 0 unspecified atom stereocenters. The highest BCUT2D eigenvalue weighted by Gasteiger charge is 2.21. The van der Waals surface area contributed by atoms with Gasteiger partial charge in [-0.25, -0.2) is 4.98 Å². The molecule has 0 atom stereocenters. The van der Waals surface area contributed by atoms with Crippen molar-refractivity contribution in [2.24, 2.45) is 0 Å². The van der Waals surface area contributed by atoms with Crippen molar-refractivity contribution < 1.29 is 13.6 Å². The van der Waals surface area contributed by atoms with Gasteiger partial charge in [0.15, 0.2) is 17.8 Å². The minimum absolute atomic E-state index is 0.144. The van der Waals surface area contributed by atoms with E-state index < -0.39 is 5.91 Å². The zero-order valence-corrected chi connectivity index (χ0v) is 12.8. The summed E-state index contributed by atoms with van der Waals surface area (Å²) in [6.45, 7) is 3.73. The third-order valence-electron chi connectivity index (χ3n) is 3.12. The molecule has 5 nitrogen and oxygen atoms in total. The van der Waals surface area contributed by atoms with E-state index in [4.69, 9.17) is 20.4 Å². The van der Waals surface area contributed by atoms with Gasteiger partial charge in [0.1, 0.15) is 5.76 Å². The van der Waals surface area contributed by atoms with Crippen LogP contribution >= 0.6 is 11.6 Å². The number of hydrogen-bond donors (Lipinski definition) is 1. The highest BCUT2D eigenvalue weighted by atomic mass is 35.5. The van der Waals surface area contributed by atoms with Crippen molar-refractivity contribution in [2.45, 2.75) is 13.8 Å². The van der Waals surface area contributed by atoms with Gasteiger partial charge >= 0.3 is 0 Å². The number of oxazole rings is 1. The Morgan fingerprint density at radius 1 is 1.23 bits per heavy atom. The summed E-state index contributed by atoms with van der Waals surface area (Å²) < 4.78 is 10.7. The zero-order chi connectivity index (χ0) is 15.7. The fourth-order valence-electron chi connectivity index (χ4n) is 2.04. The van der Waals surface area contributed by atoms with E-state index in [2.05, 4.69) is 10.3 Å². The molecule has 1 amide bonds. The second-order valence-electron chi connectivity index (χ2n) is 4.88. The van der Waals surface area contributed by atoms with E-state index in [0.29, 0.717) is 16.5 Å². The van der Waals surface area contributed by atoms with Gasteiger partial charge in [-0.2, -0.15) is 0 Å². The van der Waals surface area contributed by atoms with E-state index in [1.165, 1.54) is 6.39 Å². The number of carbonyl (C=O) groups excluding carboxylic acids is 1. The van der Waals surface area contributed by atoms with E-state index >= 15 is 0 Å². The van der Waals surface area contributed by atoms with Crippen LogP contribution in [0.2, 0.25) is 5.02 Å². The summed E-state index contributed by atoms with van der Waals surface area (Å²) in [7, 11) is 0. The van der Waals surface area contributed by atoms with Crippen LogP contribution in [0, 0.1) is 13.8 Å². The highest BCUT2D eigenvalue weighted by molar-refractivity contribution is 6.34. The number of benzene rings is 1. The lowest BCUT2D eigenvalue weighted by atomic mass is 10.2. The highest BCUT2D eigenvalue weighted by Crippen LogP contribution is 2.27. The Morgan fingerprint density at radius 2 is 2.05 bits per heavy atom. The molecular weight excluding hydrogens is 304 g/mol. The lowest BCUT2D eigenvalue weighted by Crippen LogP contribution is -2.13. The number of anilines is 1. The molecule has 112 valence electrons. The summed E-state index contributed by atoms with van der Waals surface area (Å²) in [5.74, 6) is 1.05. The first-order valence-corrected chi connectivity index (χ1v) is 7.00. The molecule has 6 heteroatoms. The van der Waals surface area contributed by atoms with Crippen molar-refractivity contribution >= 4 is 23.2 Å². The van der Waals surface area contributed by atoms with Crippen LogP contribution in [-0.4, -0.2) is 10.9 Å². The number of rotatable bonds is 3. The van der Waals surface area contributed by atoms with Crippen molar-refractivity contribution in [3.05, 3.63) is 58.8 Å². The maximum absolute atomic E-state index is 12.4. The zero-order valence-electron chi connectivity index (χ0n) is 12.0. The molecule has 3 aromatic rings. The number of carbonyl (C=O) groups is 1. The molecule has 2 aromatic heterocycles. The predicted molar refractivity (Wildman–Crippen MR) is 83.1 cm³/mol. The predicted octanol–water partition coefficient (Wildman–Crippen LogP) is 4.46. The first kappa shape index (κ1) is 14.4. The lowest BCUT2D eigenvalue weighted by molar-refractivity contribution is 0.102. The Hall–Kier alpha value is -2.53. The molecule has 0 spiro atoms. The summed E-state index contributed by atoms with van der Waals surface area (Å²) in [6.07, 6.45) is 1.21. The molecule has 0 aliphatic rings. The van der Waals surface area contributed by atoms with Gasteiger partial charge in [0.2, 0.25) is 5.76 Å². The average molecular weight is 317 g/mol. The standard InChI is InChI=1S/C16H13ClN2O3/c1-9-3-5-12(11(17)7-9)19-16(20)14-15(21-8-18-14)13-6-4-10(2)22-13/h3-8H,1-2H3,(H,19,20). The number of nitrogens with zero attached hydrogens (tertiary/aromatic N) is 1. The Kier molecular flexibility index (Phi) is 3.73. The van der Waals surface area contributed by atoms with Gasteiger partial charge < -0.3 is 14.2 Å². The summed E-state index contributed by atoms with van der Waals surface area (Å²) in [6, 6.07) is 8.89. The van der Waals surface area contributed by atoms with E-state index in [1.54, 1.807) is 24.3 Å². The second kappa shape index (κ2) is 5.69. The molecule has 3 rings (SSSR count). The smallest absolute Gasteiger partial charge is 0.278 e. The molecule has 0 saturated carbocycles. The fraction of sp³-hybridized carbons (Fsp3) is 0.125. The molecule has 0 fully saturated rings. The summed E-state index contributed by atoms with van der Waals surface area (Å²) in [5.41, 5.74) is 1.67. The van der Waals surface area contributed by atoms with Crippen molar-refractivity contribution in [3.63, 3.8) is 0 Å². The molecule has 0 saturated heterocycles. The Labute approximate surface area is 131 Å². The van der Waals surface area contributed by atoms with Gasteiger partial charge in [0.05, 0.1) is 10.7 Å². The number of nitrogens with one attached hydrogen (secondary N) is 1. The largest absolute Gasteiger partial charge is 0.458 e. The number of aromatic nitrogens is 1. The molecule has 0 aliphatic heterocycles. The van der Waals surface area contributed by atoms with Gasteiger partial charge in [-0.3, -0.25) is 4.79 Å². The third kappa shape index (κ3) is 2.76. The van der Waals surface area contributed by atoms with Crippen LogP contribution in [-0.2, 0) is 0 Å². The minimum Gasteiger partial charge on any atom is -0.458 e. The molecule has 2 heterocycles. The van der Waals surface area contributed by atoms with Crippen LogP contribution in [0.1, 0.15) is 21.8 Å². The van der Waals surface area contributed by atoms with Crippen LogP contribution in [0.5, 0.6) is 0 Å². The number of halogens is 1. The van der Waals surface area contributed by atoms with Gasteiger partial charge in [-0.1, -0.05) is 17.7 Å². The molecule has 1 aromatic carbocycles. The van der Waals surface area contributed by atoms with Crippen LogP contribution in [0.3, 0.4) is 0 Å². The molecule has 22 heavy (non-hydrogen) atoms. The summed E-state index contributed by atoms with van der Waals surface area (Å²) in [5, 5.41) is 3.19. The van der Waals surface area contributed by atoms with E-state index in [9.17, 15) is 4.79 Å². The Balaban J connectivity index is 1.89. The van der Waals surface area contributed by atoms with Gasteiger partial charge in [0, 0.05) is 0 Å². The number of amides is 1.